The lowest BCUT2D eigenvalue weighted by Gasteiger charge is -2.55. The van der Waals surface area contributed by atoms with Crippen molar-refractivity contribution >= 4 is 0 Å². The molecule has 0 aromatic rings. The fraction of sp³-hybridized carbons (Fsp3) is 1.00. The maximum absolute atomic E-state index is 5.92. The van der Waals surface area contributed by atoms with Crippen molar-refractivity contribution in [3.63, 3.8) is 0 Å². The highest BCUT2D eigenvalue weighted by Crippen LogP contribution is 2.46. The van der Waals surface area contributed by atoms with Crippen molar-refractivity contribution in [1.29, 1.82) is 0 Å². The summed E-state index contributed by atoms with van der Waals surface area (Å²) >= 11 is 0. The van der Waals surface area contributed by atoms with E-state index >= 15 is 0 Å². The van der Waals surface area contributed by atoms with Gasteiger partial charge in [0.1, 0.15) is 0 Å². The van der Waals surface area contributed by atoms with E-state index in [0.29, 0.717) is 29.1 Å². The summed E-state index contributed by atoms with van der Waals surface area (Å²) in [5.74, 6) is 0. The summed E-state index contributed by atoms with van der Waals surface area (Å²) < 4.78 is 5.92. The second kappa shape index (κ2) is 6.55. The van der Waals surface area contributed by atoms with Gasteiger partial charge >= 0.3 is 0 Å². The molecule has 0 radical (unpaired) electrons. The molecule has 1 N–H and O–H groups in total. The normalized spacial score (nSPS) is 35.7. The molecule has 1 saturated carbocycles. The number of hydrogen-bond donors (Lipinski definition) is 1. The molecule has 3 unspecified atom stereocenters. The number of ether oxygens (including phenoxy) is 1. The number of piperidine rings is 1. The Morgan fingerprint density at radius 1 is 1.19 bits per heavy atom. The van der Waals surface area contributed by atoms with Crippen molar-refractivity contribution in [2.75, 3.05) is 19.7 Å². The lowest BCUT2D eigenvalue weighted by molar-refractivity contribution is -0.129. The molecule has 124 valence electrons. The first-order valence-corrected chi connectivity index (χ1v) is 8.94. The standard InChI is InChI=1S/C18H36N2O/c1-7-18(6)15(13-16(18)21-8-2)19-14-9-11-20(12-10-14)17(3,4)5/h14-16,19H,7-13H2,1-6H3. The average Bonchev–Trinajstić information content (AvgIpc) is 2.45. The Balaban J connectivity index is 1.82. The predicted octanol–water partition coefficient (Wildman–Crippen LogP) is 3.43. The third kappa shape index (κ3) is 3.62. The molecular weight excluding hydrogens is 260 g/mol. The van der Waals surface area contributed by atoms with Gasteiger partial charge in [0.15, 0.2) is 0 Å². The van der Waals surface area contributed by atoms with Gasteiger partial charge in [-0.1, -0.05) is 13.8 Å². The van der Waals surface area contributed by atoms with E-state index < -0.39 is 0 Å². The minimum Gasteiger partial charge on any atom is -0.378 e. The first-order chi connectivity index (χ1) is 9.81. The molecule has 0 spiro atoms. The summed E-state index contributed by atoms with van der Waals surface area (Å²) in [7, 11) is 0. The zero-order chi connectivity index (χ0) is 15.7. The maximum atomic E-state index is 5.92. The van der Waals surface area contributed by atoms with Crippen LogP contribution in [0.5, 0.6) is 0 Å². The van der Waals surface area contributed by atoms with Crippen LogP contribution in [0.3, 0.4) is 0 Å². The minimum absolute atomic E-state index is 0.319. The van der Waals surface area contributed by atoms with Crippen molar-refractivity contribution in [1.82, 2.24) is 10.2 Å². The third-order valence-corrected chi connectivity index (χ3v) is 5.99. The third-order valence-electron chi connectivity index (χ3n) is 5.99. The fourth-order valence-corrected chi connectivity index (χ4v) is 4.01. The molecular formula is C18H36N2O. The van der Waals surface area contributed by atoms with Crippen LogP contribution in [0.25, 0.3) is 0 Å². The summed E-state index contributed by atoms with van der Waals surface area (Å²) in [5, 5.41) is 3.95. The van der Waals surface area contributed by atoms with E-state index in [1.165, 1.54) is 38.8 Å². The number of nitrogens with zero attached hydrogens (tertiary/aromatic N) is 1. The Morgan fingerprint density at radius 3 is 2.29 bits per heavy atom. The quantitative estimate of drug-likeness (QED) is 0.841. The van der Waals surface area contributed by atoms with Crippen LogP contribution in [0.2, 0.25) is 0 Å². The smallest absolute Gasteiger partial charge is 0.0658 e. The van der Waals surface area contributed by atoms with E-state index in [1.807, 2.05) is 0 Å². The summed E-state index contributed by atoms with van der Waals surface area (Å²) in [6.45, 7) is 17.1. The number of likely N-dealkylation sites (tertiary alicyclic amines) is 1. The van der Waals surface area contributed by atoms with Gasteiger partial charge in [-0.3, -0.25) is 4.90 Å². The van der Waals surface area contributed by atoms with Gasteiger partial charge in [0.05, 0.1) is 6.10 Å². The monoisotopic (exact) mass is 296 g/mol. The van der Waals surface area contributed by atoms with Crippen molar-refractivity contribution in [2.45, 2.75) is 91.0 Å². The van der Waals surface area contributed by atoms with Crippen LogP contribution in [0, 0.1) is 5.41 Å². The van der Waals surface area contributed by atoms with Gasteiger partial charge in [-0.25, -0.2) is 0 Å². The second-order valence-electron chi connectivity index (χ2n) is 8.19. The Bertz CT molecular complexity index is 331. The molecule has 1 aliphatic heterocycles. The lowest BCUT2D eigenvalue weighted by Crippen LogP contribution is -2.65. The van der Waals surface area contributed by atoms with E-state index in [9.17, 15) is 0 Å². The summed E-state index contributed by atoms with van der Waals surface area (Å²) in [5.41, 5.74) is 0.649. The Labute approximate surface area is 131 Å². The lowest BCUT2D eigenvalue weighted by atomic mass is 9.61. The van der Waals surface area contributed by atoms with Crippen LogP contribution in [0.4, 0.5) is 0 Å². The molecule has 3 atom stereocenters. The van der Waals surface area contributed by atoms with Crippen LogP contribution >= 0.6 is 0 Å². The molecule has 21 heavy (non-hydrogen) atoms. The van der Waals surface area contributed by atoms with Crippen molar-refractivity contribution in [2.24, 2.45) is 5.41 Å². The maximum Gasteiger partial charge on any atom is 0.0658 e. The average molecular weight is 296 g/mol. The minimum atomic E-state index is 0.319. The Hall–Kier alpha value is -0.120. The van der Waals surface area contributed by atoms with Gasteiger partial charge in [-0.05, 0) is 53.4 Å². The fourth-order valence-electron chi connectivity index (χ4n) is 4.01. The Morgan fingerprint density at radius 2 is 1.81 bits per heavy atom. The Kier molecular flexibility index (Phi) is 5.38. The molecule has 0 aromatic carbocycles. The molecule has 0 aromatic heterocycles. The highest BCUT2D eigenvalue weighted by molar-refractivity contribution is 5.06. The van der Waals surface area contributed by atoms with Gasteiger partial charge in [-0.2, -0.15) is 0 Å². The van der Waals surface area contributed by atoms with Crippen molar-refractivity contribution < 1.29 is 4.74 Å². The van der Waals surface area contributed by atoms with Crippen LogP contribution < -0.4 is 5.32 Å². The van der Waals surface area contributed by atoms with Crippen LogP contribution in [-0.2, 0) is 4.74 Å². The molecule has 3 heteroatoms. The van der Waals surface area contributed by atoms with Crippen LogP contribution in [-0.4, -0.2) is 48.3 Å². The van der Waals surface area contributed by atoms with E-state index in [1.54, 1.807) is 0 Å². The first kappa shape index (κ1) is 17.2. The molecule has 3 nitrogen and oxygen atoms in total. The molecule has 1 saturated heterocycles. The van der Waals surface area contributed by atoms with Gasteiger partial charge < -0.3 is 10.1 Å². The molecule has 1 heterocycles. The number of hydrogen-bond acceptors (Lipinski definition) is 3. The highest BCUT2D eigenvalue weighted by atomic mass is 16.5. The first-order valence-electron chi connectivity index (χ1n) is 8.94. The molecule has 2 rings (SSSR count). The predicted molar refractivity (Wildman–Crippen MR) is 89.7 cm³/mol. The van der Waals surface area contributed by atoms with Crippen molar-refractivity contribution in [3.8, 4) is 0 Å². The topological polar surface area (TPSA) is 24.5 Å². The summed E-state index contributed by atoms with van der Waals surface area (Å²) in [6.07, 6.45) is 5.42. The number of nitrogens with one attached hydrogen (secondary N) is 1. The summed E-state index contributed by atoms with van der Waals surface area (Å²) in [4.78, 5) is 2.62. The highest BCUT2D eigenvalue weighted by Gasteiger charge is 2.51. The van der Waals surface area contributed by atoms with E-state index in [0.717, 1.165) is 6.61 Å². The summed E-state index contributed by atoms with van der Waals surface area (Å²) in [6, 6.07) is 1.34. The molecule has 0 bridgehead atoms. The zero-order valence-electron chi connectivity index (χ0n) is 15.0. The van der Waals surface area contributed by atoms with Crippen LogP contribution in [0.15, 0.2) is 0 Å². The van der Waals surface area contributed by atoms with E-state index in [-0.39, 0.29) is 0 Å². The SMILES string of the molecule is CCOC1CC(NC2CCN(C(C)(C)C)CC2)C1(C)CC. The van der Waals surface area contributed by atoms with Crippen LogP contribution in [0.1, 0.15) is 67.2 Å². The second-order valence-corrected chi connectivity index (χ2v) is 8.19. The molecule has 1 aliphatic carbocycles. The van der Waals surface area contributed by atoms with Gasteiger partial charge in [0.2, 0.25) is 0 Å². The van der Waals surface area contributed by atoms with E-state index in [4.69, 9.17) is 4.74 Å². The molecule has 2 aliphatic rings. The van der Waals surface area contributed by atoms with Crippen molar-refractivity contribution in [3.05, 3.63) is 0 Å². The molecule has 0 amide bonds. The largest absolute Gasteiger partial charge is 0.378 e. The molecule has 2 fully saturated rings. The zero-order valence-corrected chi connectivity index (χ0v) is 15.0. The van der Waals surface area contributed by atoms with Gasteiger partial charge in [-0.15, -0.1) is 0 Å². The van der Waals surface area contributed by atoms with Gasteiger partial charge in [0, 0.05) is 42.7 Å². The van der Waals surface area contributed by atoms with Gasteiger partial charge in [0.25, 0.3) is 0 Å². The number of rotatable bonds is 5. The van der Waals surface area contributed by atoms with E-state index in [2.05, 4.69) is 51.8 Å².